The molecule has 158 valence electrons. The summed E-state index contributed by atoms with van der Waals surface area (Å²) in [5.41, 5.74) is 1.87. The second-order valence-electron chi connectivity index (χ2n) is 7.14. The number of aryl methyl sites for hydroxylation is 1. The van der Waals surface area contributed by atoms with Crippen molar-refractivity contribution in [1.82, 2.24) is 0 Å². The molecule has 0 spiro atoms. The first-order valence-electron chi connectivity index (χ1n) is 9.69. The largest absolute Gasteiger partial charge is 0.481 e. The number of carboxylic acids is 1. The maximum atomic E-state index is 13.0. The second kappa shape index (κ2) is 9.45. The number of halogens is 1. The molecule has 2 atom stereocenters. The van der Waals surface area contributed by atoms with Crippen LogP contribution in [0.5, 0.6) is 0 Å². The molecular weight excluding hydrogens is 424 g/mol. The molecule has 3 rings (SSSR count). The van der Waals surface area contributed by atoms with Crippen LogP contribution in [0.3, 0.4) is 0 Å². The third kappa shape index (κ3) is 4.74. The molecule has 1 heterocycles. The van der Waals surface area contributed by atoms with Crippen LogP contribution in [0.25, 0.3) is 0 Å². The number of thiophene rings is 1. The number of nitrogens with one attached hydrogen (secondary N) is 2. The van der Waals surface area contributed by atoms with Crippen LogP contribution in [0.4, 0.5) is 10.7 Å². The van der Waals surface area contributed by atoms with E-state index < -0.39 is 17.8 Å². The van der Waals surface area contributed by atoms with Gasteiger partial charge in [-0.15, -0.1) is 11.3 Å². The van der Waals surface area contributed by atoms with Gasteiger partial charge in [-0.1, -0.05) is 30.7 Å². The van der Waals surface area contributed by atoms with Crippen LogP contribution in [-0.2, 0) is 16.0 Å². The number of hydrogen-bond donors (Lipinski definition) is 3. The van der Waals surface area contributed by atoms with Gasteiger partial charge in [0.2, 0.25) is 5.91 Å². The molecule has 0 saturated carbocycles. The fourth-order valence-electron chi connectivity index (χ4n) is 3.64. The molecule has 0 unspecified atom stereocenters. The van der Waals surface area contributed by atoms with E-state index in [1.807, 2.05) is 19.9 Å². The Morgan fingerprint density at radius 1 is 1.10 bits per heavy atom. The van der Waals surface area contributed by atoms with Crippen LogP contribution in [0.15, 0.2) is 36.4 Å². The topological polar surface area (TPSA) is 95.5 Å². The van der Waals surface area contributed by atoms with Crippen molar-refractivity contribution in [2.45, 2.75) is 33.1 Å². The quantitative estimate of drug-likeness (QED) is 0.536. The van der Waals surface area contributed by atoms with E-state index in [0.717, 1.165) is 10.4 Å². The maximum Gasteiger partial charge on any atom is 0.307 e. The summed E-state index contributed by atoms with van der Waals surface area (Å²) in [4.78, 5) is 38.4. The van der Waals surface area contributed by atoms with E-state index in [1.165, 1.54) is 11.3 Å². The molecule has 2 aromatic rings. The number of carbonyl (C=O) groups excluding carboxylic acids is 2. The molecule has 8 heteroatoms. The molecule has 6 nitrogen and oxygen atoms in total. The molecule has 1 aliphatic carbocycles. The number of rotatable bonds is 6. The highest BCUT2D eigenvalue weighted by Crippen LogP contribution is 2.36. The Morgan fingerprint density at radius 2 is 1.73 bits per heavy atom. The fraction of sp³-hybridized carbons (Fsp3) is 0.318. The Balaban J connectivity index is 1.87. The van der Waals surface area contributed by atoms with E-state index >= 15 is 0 Å². The molecule has 0 saturated heterocycles. The molecule has 2 amide bonds. The van der Waals surface area contributed by atoms with Gasteiger partial charge in [-0.25, -0.2) is 0 Å². The lowest BCUT2D eigenvalue weighted by Crippen LogP contribution is -2.35. The van der Waals surface area contributed by atoms with E-state index in [4.69, 9.17) is 11.6 Å². The Hall–Kier alpha value is -2.64. The summed E-state index contributed by atoms with van der Waals surface area (Å²) in [6.07, 6.45) is 4.93. The van der Waals surface area contributed by atoms with Crippen molar-refractivity contribution in [2.75, 3.05) is 10.6 Å². The van der Waals surface area contributed by atoms with Crippen molar-refractivity contribution < 1.29 is 19.5 Å². The molecule has 0 fully saturated rings. The van der Waals surface area contributed by atoms with Crippen molar-refractivity contribution in [1.29, 1.82) is 0 Å². The number of aliphatic carboxylic acids is 1. The SMILES string of the molecule is CCc1c(C)sc(NC(=O)[C@H]2CC=CC[C@@H]2C(=O)O)c1C(=O)Nc1ccc(Cl)cc1. The zero-order valence-corrected chi connectivity index (χ0v) is 18.3. The zero-order valence-electron chi connectivity index (χ0n) is 16.7. The Kier molecular flexibility index (Phi) is 6.95. The van der Waals surface area contributed by atoms with E-state index in [1.54, 1.807) is 30.3 Å². The van der Waals surface area contributed by atoms with E-state index in [-0.39, 0.29) is 11.8 Å². The van der Waals surface area contributed by atoms with Gasteiger partial charge < -0.3 is 15.7 Å². The highest BCUT2D eigenvalue weighted by atomic mass is 35.5. The lowest BCUT2D eigenvalue weighted by atomic mass is 9.82. The molecule has 0 aliphatic heterocycles. The summed E-state index contributed by atoms with van der Waals surface area (Å²) < 4.78 is 0. The van der Waals surface area contributed by atoms with Crippen LogP contribution in [0.1, 0.15) is 40.6 Å². The average Bonchev–Trinajstić information content (AvgIpc) is 3.04. The first-order chi connectivity index (χ1) is 14.3. The molecule has 1 aromatic carbocycles. The highest BCUT2D eigenvalue weighted by molar-refractivity contribution is 7.16. The van der Waals surface area contributed by atoms with Gasteiger partial charge in [-0.2, -0.15) is 0 Å². The highest BCUT2D eigenvalue weighted by Gasteiger charge is 2.35. The standard InChI is InChI=1S/C22H23ClN2O4S/c1-3-15-12(2)30-21(18(15)20(27)24-14-10-8-13(23)9-11-14)25-19(26)16-6-4-5-7-17(16)22(28)29/h4-5,8-11,16-17H,3,6-7H2,1-2H3,(H,24,27)(H,25,26)(H,28,29)/t16-,17-/m0/s1. The molecule has 1 aromatic heterocycles. The number of amides is 2. The minimum Gasteiger partial charge on any atom is -0.481 e. The number of anilines is 2. The number of hydrogen-bond acceptors (Lipinski definition) is 4. The maximum absolute atomic E-state index is 13.0. The monoisotopic (exact) mass is 446 g/mol. The van der Waals surface area contributed by atoms with Gasteiger partial charge in [0.1, 0.15) is 5.00 Å². The van der Waals surface area contributed by atoms with Gasteiger partial charge >= 0.3 is 5.97 Å². The third-order valence-electron chi connectivity index (χ3n) is 5.21. The number of benzene rings is 1. The second-order valence-corrected chi connectivity index (χ2v) is 8.80. The van der Waals surface area contributed by atoms with Gasteiger partial charge in [0.15, 0.2) is 0 Å². The first-order valence-corrected chi connectivity index (χ1v) is 10.9. The molecule has 3 N–H and O–H groups in total. The Labute approximate surface area is 183 Å². The molecule has 0 bridgehead atoms. The molecule has 1 aliphatic rings. The lowest BCUT2D eigenvalue weighted by molar-refractivity contribution is -0.146. The summed E-state index contributed by atoms with van der Waals surface area (Å²) in [6, 6.07) is 6.77. The lowest BCUT2D eigenvalue weighted by Gasteiger charge is -2.24. The van der Waals surface area contributed by atoms with E-state index in [0.29, 0.717) is 40.5 Å². The summed E-state index contributed by atoms with van der Waals surface area (Å²) >= 11 is 7.23. The summed E-state index contributed by atoms with van der Waals surface area (Å²) in [7, 11) is 0. The van der Waals surface area contributed by atoms with Gasteiger partial charge in [0.05, 0.1) is 17.4 Å². The summed E-state index contributed by atoms with van der Waals surface area (Å²) in [6.45, 7) is 3.85. The number of allylic oxidation sites excluding steroid dienone is 2. The predicted molar refractivity (Wildman–Crippen MR) is 119 cm³/mol. The number of carbonyl (C=O) groups is 3. The molecule has 30 heavy (non-hydrogen) atoms. The third-order valence-corrected chi connectivity index (χ3v) is 6.53. The summed E-state index contributed by atoms with van der Waals surface area (Å²) in [5, 5.41) is 16.1. The minimum absolute atomic E-state index is 0.320. The molecule has 0 radical (unpaired) electrons. The normalized spacial score (nSPS) is 18.1. The van der Waals surface area contributed by atoms with Gasteiger partial charge in [-0.3, -0.25) is 14.4 Å². The first kappa shape index (κ1) is 22.1. The van der Waals surface area contributed by atoms with E-state index in [2.05, 4.69) is 10.6 Å². The summed E-state index contributed by atoms with van der Waals surface area (Å²) in [5.74, 6) is -3.14. The van der Waals surface area contributed by atoms with Crippen molar-refractivity contribution in [2.24, 2.45) is 11.8 Å². The van der Waals surface area contributed by atoms with Crippen LogP contribution in [0, 0.1) is 18.8 Å². The van der Waals surface area contributed by atoms with Crippen LogP contribution in [-0.4, -0.2) is 22.9 Å². The molecular formula is C22H23ClN2O4S. The van der Waals surface area contributed by atoms with Crippen LogP contribution < -0.4 is 10.6 Å². The fourth-order valence-corrected chi connectivity index (χ4v) is 4.91. The van der Waals surface area contributed by atoms with Gasteiger partial charge in [0.25, 0.3) is 5.91 Å². The zero-order chi connectivity index (χ0) is 21.8. The van der Waals surface area contributed by atoms with Gasteiger partial charge in [-0.05, 0) is 56.0 Å². The Morgan fingerprint density at radius 3 is 2.33 bits per heavy atom. The van der Waals surface area contributed by atoms with Crippen LogP contribution in [0.2, 0.25) is 5.02 Å². The van der Waals surface area contributed by atoms with Crippen molar-refractivity contribution in [3.05, 3.63) is 57.4 Å². The predicted octanol–water partition coefficient (Wildman–Crippen LogP) is 5.13. The number of carboxylic acid groups (broad SMARTS) is 1. The van der Waals surface area contributed by atoms with Crippen molar-refractivity contribution in [3.8, 4) is 0 Å². The van der Waals surface area contributed by atoms with Crippen molar-refractivity contribution >= 4 is 51.4 Å². The van der Waals surface area contributed by atoms with Crippen LogP contribution >= 0.6 is 22.9 Å². The minimum atomic E-state index is -0.989. The van der Waals surface area contributed by atoms with Gasteiger partial charge in [0, 0.05) is 15.6 Å². The van der Waals surface area contributed by atoms with E-state index in [9.17, 15) is 19.5 Å². The average molecular weight is 447 g/mol. The van der Waals surface area contributed by atoms with Crippen molar-refractivity contribution in [3.63, 3.8) is 0 Å². The Bertz CT molecular complexity index is 997. The smallest absolute Gasteiger partial charge is 0.307 e.